The van der Waals surface area contributed by atoms with Crippen LogP contribution in [0.4, 0.5) is 4.39 Å². The van der Waals surface area contributed by atoms with Crippen molar-refractivity contribution < 1.29 is 14.6 Å². The molecule has 0 bridgehead atoms. The maximum atomic E-state index is 13.4. The van der Waals surface area contributed by atoms with Gasteiger partial charge in [-0.1, -0.05) is 24.3 Å². The van der Waals surface area contributed by atoms with Gasteiger partial charge in [-0.3, -0.25) is 0 Å². The van der Waals surface area contributed by atoms with Gasteiger partial charge in [0.05, 0.1) is 6.10 Å². The van der Waals surface area contributed by atoms with Crippen molar-refractivity contribution in [2.24, 2.45) is 0 Å². The van der Waals surface area contributed by atoms with E-state index in [2.05, 4.69) is 0 Å². The van der Waals surface area contributed by atoms with Crippen LogP contribution in [0.15, 0.2) is 42.2 Å². The van der Waals surface area contributed by atoms with Crippen LogP contribution in [-0.4, -0.2) is 16.3 Å². The summed E-state index contributed by atoms with van der Waals surface area (Å²) in [6.45, 7) is 0. The predicted molar refractivity (Wildman–Crippen MR) is 55.7 cm³/mol. The van der Waals surface area contributed by atoms with Crippen LogP contribution in [0.1, 0.15) is 12.0 Å². The molecule has 0 radical (unpaired) electrons. The van der Waals surface area contributed by atoms with E-state index in [0.717, 1.165) is 0 Å². The third-order valence-electron chi connectivity index (χ3n) is 2.41. The van der Waals surface area contributed by atoms with Crippen LogP contribution < -0.4 is 0 Å². The van der Waals surface area contributed by atoms with Crippen molar-refractivity contribution in [3.05, 3.63) is 53.6 Å². The highest BCUT2D eigenvalue weighted by Crippen LogP contribution is 2.29. The number of rotatable bonds is 1. The lowest BCUT2D eigenvalue weighted by atomic mass is 9.93. The van der Waals surface area contributed by atoms with Crippen LogP contribution in [0.25, 0.3) is 5.57 Å². The maximum absolute atomic E-state index is 13.4. The van der Waals surface area contributed by atoms with E-state index in [1.807, 2.05) is 0 Å². The molecule has 1 aromatic rings. The number of halogens is 1. The zero-order valence-corrected chi connectivity index (χ0v) is 8.02. The summed E-state index contributed by atoms with van der Waals surface area (Å²) in [5, 5.41) is 19.3. The van der Waals surface area contributed by atoms with Crippen molar-refractivity contribution in [1.29, 1.82) is 0 Å². The summed E-state index contributed by atoms with van der Waals surface area (Å²) in [7, 11) is 0. The zero-order valence-electron chi connectivity index (χ0n) is 8.02. The monoisotopic (exact) mass is 206 g/mol. The predicted octanol–water partition coefficient (Wildman–Crippen LogP) is 2.42. The highest BCUT2D eigenvalue weighted by atomic mass is 19.1. The van der Waals surface area contributed by atoms with Crippen molar-refractivity contribution >= 4 is 5.57 Å². The maximum Gasteiger partial charge on any atom is 0.130 e. The van der Waals surface area contributed by atoms with E-state index in [1.54, 1.807) is 24.3 Å². The van der Waals surface area contributed by atoms with Gasteiger partial charge in [-0.25, -0.2) is 4.39 Å². The van der Waals surface area contributed by atoms with E-state index in [9.17, 15) is 14.6 Å². The van der Waals surface area contributed by atoms with E-state index in [4.69, 9.17) is 0 Å². The van der Waals surface area contributed by atoms with E-state index in [-0.39, 0.29) is 16.9 Å². The molecule has 2 N–H and O–H groups in total. The van der Waals surface area contributed by atoms with Gasteiger partial charge >= 0.3 is 0 Å². The van der Waals surface area contributed by atoms with Gasteiger partial charge in [0.1, 0.15) is 11.6 Å². The Balaban J connectivity index is 2.54. The molecule has 2 nitrogen and oxygen atoms in total. The number of hydrogen-bond donors (Lipinski definition) is 2. The molecule has 1 aliphatic rings. The molecule has 78 valence electrons. The number of aliphatic hydroxyl groups excluding tert-OH is 2. The molecule has 1 atom stereocenters. The molecule has 0 spiro atoms. The average molecular weight is 206 g/mol. The number of allylic oxidation sites excluding steroid dienone is 1. The lowest BCUT2D eigenvalue weighted by molar-refractivity contribution is 0.228. The third kappa shape index (κ3) is 1.78. The molecule has 0 aliphatic heterocycles. The number of benzene rings is 1. The Morgan fingerprint density at radius 2 is 2.00 bits per heavy atom. The molecular weight excluding hydrogens is 195 g/mol. The first kappa shape index (κ1) is 9.93. The molecule has 0 aromatic heterocycles. The Bertz CT molecular complexity index is 435. The fourth-order valence-corrected chi connectivity index (χ4v) is 1.68. The minimum absolute atomic E-state index is 0.0705. The number of aliphatic hydroxyl groups is 2. The normalized spacial score (nSPS) is 20.8. The molecule has 3 heteroatoms. The fraction of sp³-hybridized carbons (Fsp3) is 0.167. The van der Waals surface area contributed by atoms with Gasteiger partial charge in [0.25, 0.3) is 0 Å². The molecule has 0 saturated heterocycles. The quantitative estimate of drug-likeness (QED) is 0.740. The van der Waals surface area contributed by atoms with Crippen LogP contribution in [0.2, 0.25) is 0 Å². The summed E-state index contributed by atoms with van der Waals surface area (Å²) < 4.78 is 13.4. The van der Waals surface area contributed by atoms with Gasteiger partial charge < -0.3 is 10.2 Å². The van der Waals surface area contributed by atoms with Gasteiger partial charge in [-0.15, -0.1) is 0 Å². The highest BCUT2D eigenvalue weighted by Gasteiger charge is 2.21. The average Bonchev–Trinajstić information content (AvgIpc) is 2.20. The van der Waals surface area contributed by atoms with Crippen LogP contribution >= 0.6 is 0 Å². The molecule has 15 heavy (non-hydrogen) atoms. The topological polar surface area (TPSA) is 40.5 Å². The first-order chi connectivity index (χ1) is 7.20. The summed E-state index contributed by atoms with van der Waals surface area (Å²) in [6.07, 6.45) is 2.69. The Morgan fingerprint density at radius 3 is 2.67 bits per heavy atom. The van der Waals surface area contributed by atoms with Gasteiger partial charge in [-0.2, -0.15) is 0 Å². The molecule has 0 saturated carbocycles. The minimum atomic E-state index is -0.841. The van der Waals surface area contributed by atoms with Crippen LogP contribution in [0.5, 0.6) is 0 Å². The number of hydrogen-bond acceptors (Lipinski definition) is 2. The molecule has 0 heterocycles. The van der Waals surface area contributed by atoms with E-state index in [0.29, 0.717) is 6.42 Å². The van der Waals surface area contributed by atoms with E-state index < -0.39 is 11.9 Å². The standard InChI is InChI=1S/C12H11FO2/c13-9-5-2-1-4-8(9)12-10(14)6-3-7-11(12)15/h1-6,11,14-15H,7H2. The van der Waals surface area contributed by atoms with Gasteiger partial charge in [0.2, 0.25) is 0 Å². The molecular formula is C12H11FO2. The van der Waals surface area contributed by atoms with Gasteiger partial charge in [0, 0.05) is 11.1 Å². The summed E-state index contributed by atoms with van der Waals surface area (Å²) in [6, 6.07) is 6.09. The zero-order chi connectivity index (χ0) is 10.8. The second-order valence-electron chi connectivity index (χ2n) is 3.43. The first-order valence-electron chi connectivity index (χ1n) is 4.73. The van der Waals surface area contributed by atoms with E-state index in [1.165, 1.54) is 12.1 Å². The van der Waals surface area contributed by atoms with Crippen molar-refractivity contribution in [2.75, 3.05) is 0 Å². The Hall–Kier alpha value is -1.61. The summed E-state index contributed by atoms with van der Waals surface area (Å²) in [4.78, 5) is 0. The smallest absolute Gasteiger partial charge is 0.130 e. The van der Waals surface area contributed by atoms with Crippen LogP contribution in [-0.2, 0) is 0 Å². The summed E-state index contributed by atoms with van der Waals surface area (Å²) in [5.74, 6) is -0.507. The summed E-state index contributed by atoms with van der Waals surface area (Å²) in [5.41, 5.74) is 0.516. The second-order valence-corrected chi connectivity index (χ2v) is 3.43. The van der Waals surface area contributed by atoms with Crippen LogP contribution in [0, 0.1) is 5.82 Å². The molecule has 0 amide bonds. The minimum Gasteiger partial charge on any atom is -0.508 e. The molecule has 0 fully saturated rings. The Kier molecular flexibility index (Phi) is 2.56. The largest absolute Gasteiger partial charge is 0.508 e. The van der Waals surface area contributed by atoms with Crippen molar-refractivity contribution in [3.8, 4) is 0 Å². The molecule has 1 aliphatic carbocycles. The van der Waals surface area contributed by atoms with Crippen molar-refractivity contribution in [3.63, 3.8) is 0 Å². The molecule has 1 aromatic carbocycles. The van der Waals surface area contributed by atoms with Crippen molar-refractivity contribution in [1.82, 2.24) is 0 Å². The van der Waals surface area contributed by atoms with Crippen molar-refractivity contribution in [2.45, 2.75) is 12.5 Å². The van der Waals surface area contributed by atoms with E-state index >= 15 is 0 Å². The third-order valence-corrected chi connectivity index (χ3v) is 2.41. The van der Waals surface area contributed by atoms with Crippen LogP contribution in [0.3, 0.4) is 0 Å². The SMILES string of the molecule is OC1=C(c2ccccc2F)C(O)CC=C1. The van der Waals surface area contributed by atoms with Gasteiger partial charge in [0.15, 0.2) is 0 Å². The lowest BCUT2D eigenvalue weighted by Crippen LogP contribution is -2.14. The Morgan fingerprint density at radius 1 is 1.27 bits per heavy atom. The lowest BCUT2D eigenvalue weighted by Gasteiger charge is -2.18. The van der Waals surface area contributed by atoms with Gasteiger partial charge in [-0.05, 0) is 18.6 Å². The second kappa shape index (κ2) is 3.87. The first-order valence-corrected chi connectivity index (χ1v) is 4.73. The molecule has 1 unspecified atom stereocenters. The molecule has 2 rings (SSSR count). The Labute approximate surface area is 87.0 Å². The summed E-state index contributed by atoms with van der Waals surface area (Å²) >= 11 is 0. The highest BCUT2D eigenvalue weighted by molar-refractivity contribution is 5.73. The fourth-order valence-electron chi connectivity index (χ4n) is 1.68.